The highest BCUT2D eigenvalue weighted by molar-refractivity contribution is 5.61. The van der Waals surface area contributed by atoms with Crippen LogP contribution in [-0.2, 0) is 19.6 Å². The van der Waals surface area contributed by atoms with Gasteiger partial charge in [-0.15, -0.1) is 0 Å². The molecule has 1 fully saturated rings. The molecular formula is C12H21N5. The molecule has 1 aromatic rings. The molecule has 0 spiro atoms. The molecule has 17 heavy (non-hydrogen) atoms. The van der Waals surface area contributed by atoms with Crippen LogP contribution in [0.4, 0.5) is 5.69 Å². The van der Waals surface area contributed by atoms with Crippen LogP contribution in [0.3, 0.4) is 0 Å². The van der Waals surface area contributed by atoms with Gasteiger partial charge in [0.1, 0.15) is 0 Å². The molecule has 94 valence electrons. The molecule has 5 nitrogen and oxygen atoms in total. The minimum Gasteiger partial charge on any atom is -0.357 e. The zero-order valence-corrected chi connectivity index (χ0v) is 10.1. The van der Waals surface area contributed by atoms with Crippen molar-refractivity contribution in [3.8, 4) is 0 Å². The number of rotatable bonds is 4. The molecule has 1 aliphatic rings. The second kappa shape index (κ2) is 5.46. The lowest BCUT2D eigenvalue weighted by Gasteiger charge is -2.24. The zero-order chi connectivity index (χ0) is 12.3. The first-order chi connectivity index (χ1) is 8.30. The van der Waals surface area contributed by atoms with Crippen molar-refractivity contribution in [2.75, 3.05) is 24.7 Å². The van der Waals surface area contributed by atoms with Crippen LogP contribution in [0.5, 0.6) is 0 Å². The van der Waals surface area contributed by atoms with Crippen LogP contribution in [0.15, 0.2) is 12.1 Å². The summed E-state index contributed by atoms with van der Waals surface area (Å²) in [5.41, 5.74) is 21.9. The molecule has 1 saturated heterocycles. The van der Waals surface area contributed by atoms with E-state index in [1.54, 1.807) is 0 Å². The van der Waals surface area contributed by atoms with E-state index >= 15 is 0 Å². The second-order valence-corrected chi connectivity index (χ2v) is 4.30. The summed E-state index contributed by atoms with van der Waals surface area (Å²) in [5, 5.41) is 3.32. The largest absolute Gasteiger partial charge is 0.357 e. The molecule has 0 atom stereocenters. The van der Waals surface area contributed by atoms with E-state index in [1.807, 2.05) is 0 Å². The van der Waals surface area contributed by atoms with Crippen LogP contribution in [0, 0.1) is 0 Å². The molecule has 5 heteroatoms. The maximum absolute atomic E-state index is 5.84. The lowest BCUT2D eigenvalue weighted by atomic mass is 10.0. The Morgan fingerprint density at radius 2 is 1.71 bits per heavy atom. The van der Waals surface area contributed by atoms with Crippen LogP contribution < -0.4 is 27.4 Å². The fraction of sp³-hybridized carbons (Fsp3) is 0.500. The summed E-state index contributed by atoms with van der Waals surface area (Å²) >= 11 is 0. The summed E-state index contributed by atoms with van der Waals surface area (Å²) in [6, 6.07) is 4.18. The van der Waals surface area contributed by atoms with Gasteiger partial charge in [0.2, 0.25) is 0 Å². The van der Waals surface area contributed by atoms with Crippen molar-refractivity contribution in [2.45, 2.75) is 19.6 Å². The Balaban J connectivity index is 2.45. The van der Waals surface area contributed by atoms with E-state index in [9.17, 15) is 0 Å². The summed E-state index contributed by atoms with van der Waals surface area (Å²) in [6.45, 7) is 4.44. The smallest absolute Gasteiger partial charge is 0.0683 e. The van der Waals surface area contributed by atoms with E-state index in [0.717, 1.165) is 36.4 Å². The Labute approximate surface area is 102 Å². The third-order valence-corrected chi connectivity index (χ3v) is 3.18. The summed E-state index contributed by atoms with van der Waals surface area (Å²) in [4.78, 5) is 2.30. The minimum atomic E-state index is 0.521. The summed E-state index contributed by atoms with van der Waals surface area (Å²) in [7, 11) is 0. The van der Waals surface area contributed by atoms with Gasteiger partial charge in [-0.05, 0) is 16.7 Å². The molecule has 1 heterocycles. The van der Waals surface area contributed by atoms with Gasteiger partial charge >= 0.3 is 0 Å². The molecule has 0 saturated carbocycles. The van der Waals surface area contributed by atoms with Gasteiger partial charge in [0.15, 0.2) is 0 Å². The normalized spacial score (nSPS) is 15.6. The monoisotopic (exact) mass is 235 g/mol. The SMILES string of the molecule is NCc1cc(CN)c(N2CCNC2)c(CN)c1. The third-order valence-electron chi connectivity index (χ3n) is 3.18. The highest BCUT2D eigenvalue weighted by Crippen LogP contribution is 2.27. The first-order valence-corrected chi connectivity index (χ1v) is 6.00. The van der Waals surface area contributed by atoms with Gasteiger partial charge in [-0.3, -0.25) is 5.32 Å². The first kappa shape index (κ1) is 12.3. The van der Waals surface area contributed by atoms with Crippen LogP contribution >= 0.6 is 0 Å². The number of hydrogen-bond acceptors (Lipinski definition) is 5. The summed E-state index contributed by atoms with van der Waals surface area (Å²) in [6.07, 6.45) is 0. The molecule has 0 aliphatic carbocycles. The lowest BCUT2D eigenvalue weighted by molar-refractivity contribution is 0.845. The Morgan fingerprint density at radius 3 is 2.12 bits per heavy atom. The Bertz CT molecular complexity index is 359. The van der Waals surface area contributed by atoms with Gasteiger partial charge in [0.25, 0.3) is 0 Å². The number of benzene rings is 1. The second-order valence-electron chi connectivity index (χ2n) is 4.30. The van der Waals surface area contributed by atoms with Crippen molar-refractivity contribution in [1.82, 2.24) is 5.32 Å². The van der Waals surface area contributed by atoms with Gasteiger partial charge in [0, 0.05) is 38.4 Å². The van der Waals surface area contributed by atoms with Gasteiger partial charge in [0.05, 0.1) is 6.67 Å². The Morgan fingerprint density at radius 1 is 1.06 bits per heavy atom. The quantitative estimate of drug-likeness (QED) is 0.561. The van der Waals surface area contributed by atoms with Crippen molar-refractivity contribution in [1.29, 1.82) is 0 Å². The van der Waals surface area contributed by atoms with E-state index in [2.05, 4.69) is 22.3 Å². The molecule has 0 aromatic heterocycles. The summed E-state index contributed by atoms with van der Waals surface area (Å²) in [5.74, 6) is 0. The number of nitrogens with zero attached hydrogens (tertiary/aromatic N) is 1. The number of hydrogen-bond donors (Lipinski definition) is 4. The Kier molecular flexibility index (Phi) is 3.96. The zero-order valence-electron chi connectivity index (χ0n) is 10.1. The van der Waals surface area contributed by atoms with Gasteiger partial charge < -0.3 is 22.1 Å². The van der Waals surface area contributed by atoms with Crippen molar-refractivity contribution in [2.24, 2.45) is 17.2 Å². The van der Waals surface area contributed by atoms with E-state index in [-0.39, 0.29) is 0 Å². The molecule has 2 rings (SSSR count). The number of anilines is 1. The minimum absolute atomic E-state index is 0.521. The van der Waals surface area contributed by atoms with Crippen molar-refractivity contribution in [3.63, 3.8) is 0 Å². The van der Waals surface area contributed by atoms with Crippen LogP contribution in [0.2, 0.25) is 0 Å². The standard InChI is InChI=1S/C12H21N5/c13-5-9-3-10(6-14)12(11(4-9)7-15)17-2-1-16-8-17/h3-4,16H,1-2,5-8,13-15H2. The topological polar surface area (TPSA) is 93.3 Å². The van der Waals surface area contributed by atoms with Crippen molar-refractivity contribution >= 4 is 5.69 Å². The fourth-order valence-electron chi connectivity index (χ4n) is 2.37. The van der Waals surface area contributed by atoms with E-state index in [4.69, 9.17) is 17.2 Å². The Hall–Kier alpha value is -1.14. The van der Waals surface area contributed by atoms with Gasteiger partial charge in [-0.1, -0.05) is 12.1 Å². The first-order valence-electron chi connectivity index (χ1n) is 6.00. The predicted octanol–water partition coefficient (Wildman–Crippen LogP) is -0.570. The van der Waals surface area contributed by atoms with Crippen LogP contribution in [0.1, 0.15) is 16.7 Å². The number of nitrogens with two attached hydrogens (primary N) is 3. The van der Waals surface area contributed by atoms with Gasteiger partial charge in [-0.2, -0.15) is 0 Å². The maximum Gasteiger partial charge on any atom is 0.0683 e. The number of nitrogens with one attached hydrogen (secondary N) is 1. The molecule has 0 amide bonds. The van der Waals surface area contributed by atoms with Crippen molar-refractivity contribution < 1.29 is 0 Å². The van der Waals surface area contributed by atoms with Crippen molar-refractivity contribution in [3.05, 3.63) is 28.8 Å². The molecule has 0 unspecified atom stereocenters. The molecule has 7 N–H and O–H groups in total. The molecule has 0 bridgehead atoms. The van der Waals surface area contributed by atoms with Gasteiger partial charge in [-0.25, -0.2) is 0 Å². The highest BCUT2D eigenvalue weighted by Gasteiger charge is 2.18. The molecule has 1 aromatic carbocycles. The lowest BCUT2D eigenvalue weighted by Crippen LogP contribution is -2.25. The van der Waals surface area contributed by atoms with Crippen LogP contribution in [-0.4, -0.2) is 19.8 Å². The molecular weight excluding hydrogens is 214 g/mol. The average Bonchev–Trinajstić information content (AvgIpc) is 2.90. The average molecular weight is 235 g/mol. The fourth-order valence-corrected chi connectivity index (χ4v) is 2.37. The predicted molar refractivity (Wildman–Crippen MR) is 70.3 cm³/mol. The third kappa shape index (κ3) is 2.42. The summed E-state index contributed by atoms with van der Waals surface area (Å²) < 4.78 is 0. The molecule has 0 radical (unpaired) electrons. The van der Waals surface area contributed by atoms with E-state index < -0.39 is 0 Å². The highest BCUT2D eigenvalue weighted by atomic mass is 15.3. The van der Waals surface area contributed by atoms with Crippen LogP contribution in [0.25, 0.3) is 0 Å². The maximum atomic E-state index is 5.84. The molecule has 1 aliphatic heterocycles. The van der Waals surface area contributed by atoms with E-state index in [0.29, 0.717) is 19.6 Å². The van der Waals surface area contributed by atoms with E-state index in [1.165, 1.54) is 5.69 Å².